The molecule has 0 heterocycles. The van der Waals surface area contributed by atoms with Crippen molar-refractivity contribution in [2.24, 2.45) is 0 Å². The number of hydrogen-bond donors (Lipinski definition) is 2. The van der Waals surface area contributed by atoms with Crippen LogP contribution >= 0.6 is 0 Å². The highest BCUT2D eigenvalue weighted by atomic mass is 16.5. The summed E-state index contributed by atoms with van der Waals surface area (Å²) in [5.74, 6) is 1.51. The lowest BCUT2D eigenvalue weighted by molar-refractivity contribution is -0.870. The van der Waals surface area contributed by atoms with Gasteiger partial charge in [0.1, 0.15) is 22.7 Å². The molecule has 2 rings (SSSR count). The van der Waals surface area contributed by atoms with Gasteiger partial charge in [0.05, 0.1) is 68.6 Å². The molecule has 0 fully saturated rings. The SMILES string of the molecule is C[C@](O)(c1ccc(OCCC[N+](C)(C)C)cc1)[C@@](C)(O)c1ccc(OCCC[N+](C)(C)C)cc1. The Kier molecular flexibility index (Phi) is 9.16. The zero-order chi connectivity index (χ0) is 25.6. The van der Waals surface area contributed by atoms with E-state index in [-0.39, 0.29) is 0 Å². The molecule has 6 nitrogen and oxygen atoms in total. The summed E-state index contributed by atoms with van der Waals surface area (Å²) >= 11 is 0. The summed E-state index contributed by atoms with van der Waals surface area (Å²) in [6.45, 7) is 6.64. The van der Waals surface area contributed by atoms with Gasteiger partial charge < -0.3 is 28.7 Å². The summed E-state index contributed by atoms with van der Waals surface area (Å²) < 4.78 is 13.5. The Bertz CT molecular complexity index is 801. The molecule has 0 amide bonds. The summed E-state index contributed by atoms with van der Waals surface area (Å²) in [6, 6.07) is 14.6. The molecule has 0 aliphatic rings. The Labute approximate surface area is 206 Å². The minimum absolute atomic E-state index is 0.622. The molecule has 0 aliphatic carbocycles. The molecule has 0 aromatic heterocycles. The van der Waals surface area contributed by atoms with Crippen LogP contribution in [-0.4, -0.2) is 87.8 Å². The number of quaternary nitrogens is 2. The van der Waals surface area contributed by atoms with Crippen LogP contribution in [0.15, 0.2) is 48.5 Å². The number of hydrogen-bond acceptors (Lipinski definition) is 4. The van der Waals surface area contributed by atoms with Crippen molar-refractivity contribution in [3.05, 3.63) is 59.7 Å². The van der Waals surface area contributed by atoms with Crippen molar-refractivity contribution in [3.63, 3.8) is 0 Å². The highest BCUT2D eigenvalue weighted by Gasteiger charge is 2.44. The van der Waals surface area contributed by atoms with Crippen LogP contribution in [0.1, 0.15) is 37.8 Å². The Hall–Kier alpha value is -2.12. The second-order valence-corrected chi connectivity index (χ2v) is 11.6. The number of ether oxygens (including phenoxy) is 2. The largest absolute Gasteiger partial charge is 0.493 e. The number of rotatable bonds is 13. The van der Waals surface area contributed by atoms with Gasteiger partial charge in [-0.15, -0.1) is 0 Å². The van der Waals surface area contributed by atoms with Gasteiger partial charge in [-0.1, -0.05) is 24.3 Å². The predicted octanol–water partition coefficient (Wildman–Crippen LogP) is 3.75. The normalized spacial score (nSPS) is 15.9. The van der Waals surface area contributed by atoms with Crippen LogP contribution < -0.4 is 9.47 Å². The lowest BCUT2D eigenvalue weighted by atomic mass is 9.76. The van der Waals surface area contributed by atoms with E-state index >= 15 is 0 Å². The van der Waals surface area contributed by atoms with Gasteiger partial charge in [-0.05, 0) is 49.2 Å². The van der Waals surface area contributed by atoms with E-state index in [0.29, 0.717) is 24.3 Å². The molecule has 6 heteroatoms. The van der Waals surface area contributed by atoms with Crippen LogP contribution in [0.4, 0.5) is 0 Å². The van der Waals surface area contributed by atoms with E-state index in [2.05, 4.69) is 42.3 Å². The van der Waals surface area contributed by atoms with Crippen molar-refractivity contribution in [1.29, 1.82) is 0 Å². The van der Waals surface area contributed by atoms with E-state index in [1.54, 1.807) is 13.8 Å². The van der Waals surface area contributed by atoms with E-state index in [0.717, 1.165) is 46.4 Å². The number of aliphatic hydroxyl groups is 2. The van der Waals surface area contributed by atoms with Crippen LogP contribution in [0.5, 0.6) is 11.5 Å². The Morgan fingerprint density at radius 3 is 1.15 bits per heavy atom. The van der Waals surface area contributed by atoms with Crippen molar-refractivity contribution in [2.75, 3.05) is 68.6 Å². The maximum atomic E-state index is 11.4. The zero-order valence-electron chi connectivity index (χ0n) is 22.5. The van der Waals surface area contributed by atoms with Crippen molar-refractivity contribution in [1.82, 2.24) is 0 Å². The van der Waals surface area contributed by atoms with Gasteiger partial charge in [-0.3, -0.25) is 0 Å². The molecule has 2 aromatic carbocycles. The molecule has 0 saturated heterocycles. The van der Waals surface area contributed by atoms with Gasteiger partial charge >= 0.3 is 0 Å². The topological polar surface area (TPSA) is 58.9 Å². The van der Waals surface area contributed by atoms with Crippen molar-refractivity contribution in [3.8, 4) is 11.5 Å². The highest BCUT2D eigenvalue weighted by Crippen LogP contribution is 2.41. The molecule has 0 aliphatic heterocycles. The van der Waals surface area contributed by atoms with E-state index in [4.69, 9.17) is 9.47 Å². The number of nitrogens with zero attached hydrogens (tertiary/aromatic N) is 2. The van der Waals surface area contributed by atoms with Crippen LogP contribution in [0.25, 0.3) is 0 Å². The fourth-order valence-corrected chi connectivity index (χ4v) is 3.77. The lowest BCUT2D eigenvalue weighted by Gasteiger charge is -2.39. The van der Waals surface area contributed by atoms with Gasteiger partial charge in [-0.2, -0.15) is 0 Å². The van der Waals surface area contributed by atoms with Gasteiger partial charge in [0.15, 0.2) is 0 Å². The molecule has 2 atom stereocenters. The fourth-order valence-electron chi connectivity index (χ4n) is 3.77. The van der Waals surface area contributed by atoms with Crippen molar-refractivity contribution in [2.45, 2.75) is 37.9 Å². The number of benzene rings is 2. The average molecular weight is 475 g/mol. The lowest BCUT2D eigenvalue weighted by Crippen LogP contribution is -2.45. The first-order valence-corrected chi connectivity index (χ1v) is 12.1. The van der Waals surface area contributed by atoms with Crippen molar-refractivity contribution < 1.29 is 28.7 Å². The molecule has 34 heavy (non-hydrogen) atoms. The second-order valence-electron chi connectivity index (χ2n) is 11.6. The molecule has 0 radical (unpaired) electrons. The third kappa shape index (κ3) is 8.27. The van der Waals surface area contributed by atoms with Crippen LogP contribution in [0.3, 0.4) is 0 Å². The van der Waals surface area contributed by atoms with Crippen LogP contribution in [-0.2, 0) is 11.2 Å². The summed E-state index contributed by atoms with van der Waals surface area (Å²) in [5, 5.41) is 22.7. The highest BCUT2D eigenvalue weighted by molar-refractivity contribution is 5.37. The maximum Gasteiger partial charge on any atom is 0.119 e. The molecule has 2 aromatic rings. The summed E-state index contributed by atoms with van der Waals surface area (Å²) in [5.41, 5.74) is -1.75. The monoisotopic (exact) mass is 474 g/mol. The van der Waals surface area contributed by atoms with E-state index in [1.807, 2.05) is 48.5 Å². The Balaban J connectivity index is 1.99. The van der Waals surface area contributed by atoms with Crippen LogP contribution in [0.2, 0.25) is 0 Å². The fraction of sp³-hybridized carbons (Fsp3) is 0.571. The third-order valence-corrected chi connectivity index (χ3v) is 6.26. The summed E-state index contributed by atoms with van der Waals surface area (Å²) in [6.07, 6.45) is 1.93. The second kappa shape index (κ2) is 11.1. The summed E-state index contributed by atoms with van der Waals surface area (Å²) in [4.78, 5) is 0. The smallest absolute Gasteiger partial charge is 0.119 e. The minimum atomic E-state index is -1.50. The van der Waals surface area contributed by atoms with Gasteiger partial charge in [-0.25, -0.2) is 0 Å². The van der Waals surface area contributed by atoms with Crippen molar-refractivity contribution >= 4 is 0 Å². The maximum absolute atomic E-state index is 11.4. The van der Waals surface area contributed by atoms with Gasteiger partial charge in [0.2, 0.25) is 0 Å². The molecular weight excluding hydrogens is 428 g/mol. The molecule has 0 unspecified atom stereocenters. The first kappa shape index (κ1) is 28.1. The summed E-state index contributed by atoms with van der Waals surface area (Å²) in [7, 11) is 13.0. The Morgan fingerprint density at radius 2 is 0.882 bits per heavy atom. The third-order valence-electron chi connectivity index (χ3n) is 6.26. The first-order valence-electron chi connectivity index (χ1n) is 12.1. The molecule has 2 N–H and O–H groups in total. The standard InChI is InChI=1S/C28H46N2O4/c1-27(31,23-11-15-25(16-12-23)33-21-9-19-29(3,4)5)28(2,32)24-13-17-26(18-14-24)34-22-10-20-30(6,7)8/h11-18,31-32H,9-10,19-22H2,1-8H3/q+2/t27-,28-/m0/s1. The van der Waals surface area contributed by atoms with Gasteiger partial charge in [0.25, 0.3) is 0 Å². The molecule has 0 bridgehead atoms. The van der Waals surface area contributed by atoms with E-state index in [1.165, 1.54) is 0 Å². The zero-order valence-corrected chi connectivity index (χ0v) is 22.5. The molecule has 0 spiro atoms. The van der Waals surface area contributed by atoms with Gasteiger partial charge in [0, 0.05) is 12.8 Å². The average Bonchev–Trinajstić information content (AvgIpc) is 2.73. The predicted molar refractivity (Wildman–Crippen MR) is 138 cm³/mol. The van der Waals surface area contributed by atoms with E-state index < -0.39 is 11.2 Å². The first-order chi connectivity index (χ1) is 15.6. The molecule has 0 saturated carbocycles. The Morgan fingerprint density at radius 1 is 0.588 bits per heavy atom. The van der Waals surface area contributed by atoms with Crippen LogP contribution in [0, 0.1) is 0 Å². The molecule has 190 valence electrons. The quantitative estimate of drug-likeness (QED) is 0.343. The van der Waals surface area contributed by atoms with E-state index in [9.17, 15) is 10.2 Å². The molecular formula is C28H46N2O4+2. The minimum Gasteiger partial charge on any atom is -0.493 e.